The molecular formula is C19H28N2O3. The van der Waals surface area contributed by atoms with Gasteiger partial charge >= 0.3 is 5.97 Å². The van der Waals surface area contributed by atoms with Gasteiger partial charge in [0, 0.05) is 25.6 Å². The van der Waals surface area contributed by atoms with Gasteiger partial charge in [-0.25, -0.2) is 0 Å². The number of carbonyl (C=O) groups is 2. The molecule has 0 spiro atoms. The number of benzene rings is 1. The lowest BCUT2D eigenvalue weighted by Crippen LogP contribution is -2.46. The fourth-order valence-corrected chi connectivity index (χ4v) is 2.92. The first-order chi connectivity index (χ1) is 11.5. The third-order valence-corrected chi connectivity index (χ3v) is 4.16. The van der Waals surface area contributed by atoms with Gasteiger partial charge in [0.2, 0.25) is 5.91 Å². The van der Waals surface area contributed by atoms with Gasteiger partial charge in [0.05, 0.1) is 12.6 Å². The third kappa shape index (κ3) is 6.71. The van der Waals surface area contributed by atoms with Crippen molar-refractivity contribution in [2.45, 2.75) is 51.7 Å². The van der Waals surface area contributed by atoms with E-state index in [0.717, 1.165) is 32.4 Å². The number of amides is 1. The van der Waals surface area contributed by atoms with Crippen LogP contribution in [-0.4, -0.2) is 48.6 Å². The van der Waals surface area contributed by atoms with Gasteiger partial charge in [-0.05, 0) is 38.7 Å². The molecule has 1 saturated heterocycles. The van der Waals surface area contributed by atoms with Crippen LogP contribution in [0.2, 0.25) is 0 Å². The Morgan fingerprint density at radius 1 is 1.21 bits per heavy atom. The van der Waals surface area contributed by atoms with Crippen molar-refractivity contribution in [3.63, 3.8) is 0 Å². The molecule has 1 amide bonds. The zero-order valence-electron chi connectivity index (χ0n) is 14.7. The van der Waals surface area contributed by atoms with Crippen LogP contribution >= 0.6 is 0 Å². The topological polar surface area (TPSA) is 58.6 Å². The third-order valence-electron chi connectivity index (χ3n) is 4.16. The number of hydrogen-bond donors (Lipinski definition) is 1. The highest BCUT2D eigenvalue weighted by atomic mass is 16.5. The number of nitrogens with zero attached hydrogens (tertiary/aromatic N) is 1. The Morgan fingerprint density at radius 3 is 2.50 bits per heavy atom. The second-order valence-corrected chi connectivity index (χ2v) is 6.64. The lowest BCUT2D eigenvalue weighted by Gasteiger charge is -2.31. The van der Waals surface area contributed by atoms with Crippen molar-refractivity contribution in [2.24, 2.45) is 0 Å². The molecule has 132 valence electrons. The molecule has 1 heterocycles. The van der Waals surface area contributed by atoms with Gasteiger partial charge in [0.25, 0.3) is 0 Å². The number of likely N-dealkylation sites (tertiary alicyclic amines) is 1. The van der Waals surface area contributed by atoms with Crippen LogP contribution in [0.1, 0.15) is 38.7 Å². The Morgan fingerprint density at radius 2 is 1.88 bits per heavy atom. The molecule has 1 aromatic rings. The van der Waals surface area contributed by atoms with E-state index in [-0.39, 0.29) is 24.0 Å². The normalized spacial score (nSPS) is 16.1. The molecule has 0 aromatic heterocycles. The average Bonchev–Trinajstić information content (AvgIpc) is 2.55. The minimum absolute atomic E-state index is 0.0704. The summed E-state index contributed by atoms with van der Waals surface area (Å²) in [5.41, 5.74) is 1.19. The lowest BCUT2D eigenvalue weighted by atomic mass is 10.0. The molecular weight excluding hydrogens is 304 g/mol. The minimum atomic E-state index is -0.171. The summed E-state index contributed by atoms with van der Waals surface area (Å²) in [6.07, 6.45) is 2.98. The van der Waals surface area contributed by atoms with Crippen LogP contribution in [0.3, 0.4) is 0 Å². The Bertz CT molecular complexity index is 523. The summed E-state index contributed by atoms with van der Waals surface area (Å²) in [5.74, 6) is -0.0631. The Kier molecular flexibility index (Phi) is 7.25. The molecule has 1 aliphatic rings. The van der Waals surface area contributed by atoms with E-state index >= 15 is 0 Å². The van der Waals surface area contributed by atoms with Gasteiger partial charge in [-0.1, -0.05) is 30.3 Å². The van der Waals surface area contributed by atoms with Crippen LogP contribution in [0.15, 0.2) is 30.3 Å². The predicted octanol–water partition coefficient (Wildman–Crippen LogP) is 2.15. The molecule has 1 aromatic carbocycles. The first kappa shape index (κ1) is 18.5. The Hall–Kier alpha value is -1.88. The molecule has 1 aliphatic heterocycles. The van der Waals surface area contributed by atoms with Crippen molar-refractivity contribution in [2.75, 3.05) is 19.6 Å². The maximum atomic E-state index is 12.1. The number of rotatable bonds is 7. The molecule has 0 radical (unpaired) electrons. The maximum absolute atomic E-state index is 12.1. The minimum Gasteiger partial charge on any atom is -0.462 e. The molecule has 24 heavy (non-hydrogen) atoms. The standard InChI is InChI=1S/C19H28N2O3/c1-15(2)24-19(23)14-21-12-10-17(11-13-21)20-18(22)9-8-16-6-4-3-5-7-16/h3-7,15,17H,8-14H2,1-2H3,(H,20,22). The van der Waals surface area contributed by atoms with Crippen LogP contribution in [0.4, 0.5) is 0 Å². The zero-order valence-corrected chi connectivity index (χ0v) is 14.7. The van der Waals surface area contributed by atoms with Crippen molar-refractivity contribution < 1.29 is 14.3 Å². The molecule has 0 bridgehead atoms. The number of piperidine rings is 1. The summed E-state index contributed by atoms with van der Waals surface area (Å²) in [7, 11) is 0. The molecule has 1 fully saturated rings. The highest BCUT2D eigenvalue weighted by molar-refractivity contribution is 5.76. The van der Waals surface area contributed by atoms with E-state index in [1.165, 1.54) is 5.56 Å². The molecule has 0 aliphatic carbocycles. The van der Waals surface area contributed by atoms with Gasteiger partial charge in [-0.2, -0.15) is 0 Å². The summed E-state index contributed by atoms with van der Waals surface area (Å²) in [5, 5.41) is 3.11. The quantitative estimate of drug-likeness (QED) is 0.777. The van der Waals surface area contributed by atoms with Crippen molar-refractivity contribution >= 4 is 11.9 Å². The molecule has 5 heteroatoms. The molecule has 0 unspecified atom stereocenters. The molecule has 2 rings (SSSR count). The highest BCUT2D eigenvalue weighted by Gasteiger charge is 2.22. The van der Waals surface area contributed by atoms with Crippen molar-refractivity contribution in [3.05, 3.63) is 35.9 Å². The summed E-state index contributed by atoms with van der Waals surface area (Å²) >= 11 is 0. The van der Waals surface area contributed by atoms with Gasteiger partial charge in [-0.3, -0.25) is 14.5 Å². The molecule has 0 atom stereocenters. The van der Waals surface area contributed by atoms with Gasteiger partial charge in [-0.15, -0.1) is 0 Å². The molecule has 1 N–H and O–H groups in total. The monoisotopic (exact) mass is 332 g/mol. The van der Waals surface area contributed by atoms with E-state index in [2.05, 4.69) is 10.2 Å². The Labute approximate surface area is 144 Å². The van der Waals surface area contributed by atoms with Crippen molar-refractivity contribution in [3.8, 4) is 0 Å². The maximum Gasteiger partial charge on any atom is 0.320 e. The van der Waals surface area contributed by atoms with Crippen molar-refractivity contribution in [1.82, 2.24) is 10.2 Å². The van der Waals surface area contributed by atoms with Crippen LogP contribution < -0.4 is 5.32 Å². The molecule has 0 saturated carbocycles. The second-order valence-electron chi connectivity index (χ2n) is 6.64. The molecule has 5 nitrogen and oxygen atoms in total. The highest BCUT2D eigenvalue weighted by Crippen LogP contribution is 2.11. The van der Waals surface area contributed by atoms with E-state index in [1.54, 1.807) is 0 Å². The largest absolute Gasteiger partial charge is 0.462 e. The average molecular weight is 332 g/mol. The summed E-state index contributed by atoms with van der Waals surface area (Å²) in [6.45, 7) is 5.69. The lowest BCUT2D eigenvalue weighted by molar-refractivity contribution is -0.149. The van der Waals surface area contributed by atoms with Crippen LogP contribution in [0, 0.1) is 0 Å². The van der Waals surface area contributed by atoms with Crippen LogP contribution in [0.25, 0.3) is 0 Å². The number of nitrogens with one attached hydrogen (secondary N) is 1. The Balaban J connectivity index is 1.63. The second kappa shape index (κ2) is 9.42. The van der Waals surface area contributed by atoms with Crippen LogP contribution in [-0.2, 0) is 20.7 Å². The fourth-order valence-electron chi connectivity index (χ4n) is 2.92. The van der Waals surface area contributed by atoms with E-state index in [0.29, 0.717) is 13.0 Å². The zero-order chi connectivity index (χ0) is 17.4. The predicted molar refractivity (Wildman–Crippen MR) is 93.6 cm³/mol. The number of hydrogen-bond acceptors (Lipinski definition) is 4. The number of aryl methyl sites for hydroxylation is 1. The number of carbonyl (C=O) groups excluding carboxylic acids is 2. The van der Waals surface area contributed by atoms with Gasteiger partial charge < -0.3 is 10.1 Å². The van der Waals surface area contributed by atoms with E-state index in [1.807, 2.05) is 44.2 Å². The van der Waals surface area contributed by atoms with Crippen LogP contribution in [0.5, 0.6) is 0 Å². The summed E-state index contributed by atoms with van der Waals surface area (Å²) < 4.78 is 5.17. The van der Waals surface area contributed by atoms with E-state index in [4.69, 9.17) is 4.74 Å². The van der Waals surface area contributed by atoms with E-state index in [9.17, 15) is 9.59 Å². The number of ether oxygens (including phenoxy) is 1. The smallest absolute Gasteiger partial charge is 0.320 e. The summed E-state index contributed by atoms with van der Waals surface area (Å²) in [4.78, 5) is 25.8. The summed E-state index contributed by atoms with van der Waals surface area (Å²) in [6, 6.07) is 10.3. The SMILES string of the molecule is CC(C)OC(=O)CN1CCC(NC(=O)CCc2ccccc2)CC1. The fraction of sp³-hybridized carbons (Fsp3) is 0.579. The van der Waals surface area contributed by atoms with E-state index < -0.39 is 0 Å². The number of esters is 1. The van der Waals surface area contributed by atoms with Crippen molar-refractivity contribution in [1.29, 1.82) is 0 Å². The first-order valence-electron chi connectivity index (χ1n) is 8.78. The van der Waals surface area contributed by atoms with Gasteiger partial charge in [0.1, 0.15) is 0 Å². The van der Waals surface area contributed by atoms with Gasteiger partial charge in [0.15, 0.2) is 0 Å². The first-order valence-corrected chi connectivity index (χ1v) is 8.78.